The molecule has 0 aromatic carbocycles. The lowest BCUT2D eigenvalue weighted by Gasteiger charge is -2.38. The molecule has 6 nitrogen and oxygen atoms in total. The molecule has 128 valence electrons. The molecule has 0 saturated carbocycles. The molecule has 2 fully saturated rings. The lowest BCUT2D eigenvalue weighted by atomic mass is 10.3. The first-order valence-corrected chi connectivity index (χ1v) is 9.41. The number of hydrogen-bond acceptors (Lipinski definition) is 5. The van der Waals surface area contributed by atoms with Crippen molar-refractivity contribution >= 4 is 17.4 Å². The number of piperazine rings is 1. The van der Waals surface area contributed by atoms with Crippen LogP contribution in [0, 0.1) is 0 Å². The van der Waals surface area contributed by atoms with Crippen LogP contribution < -0.4 is 0 Å². The first-order chi connectivity index (χ1) is 11.3. The average Bonchev–Trinajstić information content (AvgIpc) is 3.03. The minimum absolute atomic E-state index is 0.173. The first-order valence-electron chi connectivity index (χ1n) is 8.53. The molecule has 0 bridgehead atoms. The molecule has 0 radical (unpaired) electrons. The van der Waals surface area contributed by atoms with Crippen LogP contribution in [0.4, 0.5) is 4.79 Å². The molecule has 2 aliphatic heterocycles. The Morgan fingerprint density at radius 1 is 1.17 bits per heavy atom. The van der Waals surface area contributed by atoms with E-state index < -0.39 is 0 Å². The van der Waals surface area contributed by atoms with Crippen LogP contribution in [0.5, 0.6) is 0 Å². The van der Waals surface area contributed by atoms with Crippen molar-refractivity contribution < 1.29 is 9.53 Å². The van der Waals surface area contributed by atoms with Gasteiger partial charge in [-0.2, -0.15) is 0 Å². The molecule has 1 aromatic heterocycles. The topological polar surface area (TPSA) is 48.9 Å². The second-order valence-electron chi connectivity index (χ2n) is 6.13. The number of urea groups is 1. The van der Waals surface area contributed by atoms with Crippen molar-refractivity contribution in [1.82, 2.24) is 19.7 Å². The Morgan fingerprint density at radius 3 is 2.57 bits per heavy atom. The summed E-state index contributed by atoms with van der Waals surface area (Å²) >= 11 is 1.77. The number of thiazole rings is 1. The van der Waals surface area contributed by atoms with E-state index in [1.54, 1.807) is 11.3 Å². The van der Waals surface area contributed by atoms with Crippen molar-refractivity contribution in [3.8, 4) is 0 Å². The molecular formula is C16H26N4O2S. The Labute approximate surface area is 142 Å². The fraction of sp³-hybridized carbons (Fsp3) is 0.750. The van der Waals surface area contributed by atoms with Gasteiger partial charge in [-0.3, -0.25) is 4.90 Å². The second-order valence-corrected chi connectivity index (χ2v) is 7.07. The van der Waals surface area contributed by atoms with E-state index >= 15 is 0 Å². The molecule has 0 unspecified atom stereocenters. The van der Waals surface area contributed by atoms with Crippen LogP contribution in [0.25, 0.3) is 0 Å². The predicted octanol–water partition coefficient (Wildman–Crippen LogP) is 1.67. The van der Waals surface area contributed by atoms with Crippen LogP contribution in [-0.2, 0) is 17.7 Å². The summed E-state index contributed by atoms with van der Waals surface area (Å²) in [5, 5.41) is 3.42. The zero-order chi connectivity index (χ0) is 16.1. The average molecular weight is 338 g/mol. The van der Waals surface area contributed by atoms with Gasteiger partial charge >= 0.3 is 6.03 Å². The van der Waals surface area contributed by atoms with Gasteiger partial charge in [0.25, 0.3) is 0 Å². The summed E-state index contributed by atoms with van der Waals surface area (Å²) in [6, 6.07) is 0.173. The zero-order valence-corrected chi connectivity index (χ0v) is 14.7. The standard InChI is InChI=1S/C16H26N4O2S/c1-2-3-15-17-14(13-23-15)12-18-4-6-19(7-5-18)16(21)20-8-10-22-11-9-20/h13H,2-12H2,1H3. The Balaban J connectivity index is 1.45. The predicted molar refractivity (Wildman–Crippen MR) is 90.7 cm³/mol. The van der Waals surface area contributed by atoms with Crippen LogP contribution in [0.3, 0.4) is 0 Å². The summed E-state index contributed by atoms with van der Waals surface area (Å²) in [6.07, 6.45) is 2.22. The van der Waals surface area contributed by atoms with Gasteiger partial charge in [-0.1, -0.05) is 6.92 Å². The van der Waals surface area contributed by atoms with E-state index in [0.717, 1.165) is 58.7 Å². The maximum absolute atomic E-state index is 12.5. The van der Waals surface area contributed by atoms with Crippen molar-refractivity contribution in [3.63, 3.8) is 0 Å². The van der Waals surface area contributed by atoms with Gasteiger partial charge in [0.2, 0.25) is 0 Å². The summed E-state index contributed by atoms with van der Waals surface area (Å²) in [4.78, 5) is 23.4. The molecule has 2 saturated heterocycles. The third-order valence-electron chi connectivity index (χ3n) is 4.37. The highest BCUT2D eigenvalue weighted by atomic mass is 32.1. The SMILES string of the molecule is CCCc1nc(CN2CCN(C(=O)N3CCOCC3)CC2)cs1. The number of carbonyl (C=O) groups excluding carboxylic acids is 1. The van der Waals surface area contributed by atoms with Crippen molar-refractivity contribution in [1.29, 1.82) is 0 Å². The third-order valence-corrected chi connectivity index (χ3v) is 5.33. The van der Waals surface area contributed by atoms with Gasteiger partial charge in [0.05, 0.1) is 23.9 Å². The highest BCUT2D eigenvalue weighted by molar-refractivity contribution is 7.09. The molecule has 0 N–H and O–H groups in total. The van der Waals surface area contributed by atoms with E-state index in [-0.39, 0.29) is 6.03 Å². The quantitative estimate of drug-likeness (QED) is 0.838. The fourth-order valence-electron chi connectivity index (χ4n) is 3.03. The molecule has 3 rings (SSSR count). The maximum atomic E-state index is 12.5. The minimum atomic E-state index is 0.173. The smallest absolute Gasteiger partial charge is 0.320 e. The van der Waals surface area contributed by atoms with Crippen LogP contribution in [0.2, 0.25) is 0 Å². The number of hydrogen-bond donors (Lipinski definition) is 0. The van der Waals surface area contributed by atoms with Crippen molar-refractivity contribution in [3.05, 3.63) is 16.1 Å². The van der Waals surface area contributed by atoms with E-state index in [4.69, 9.17) is 9.72 Å². The molecule has 2 amide bonds. The summed E-state index contributed by atoms with van der Waals surface area (Å²) in [5.41, 5.74) is 1.17. The third kappa shape index (κ3) is 4.43. The number of carbonyl (C=O) groups is 1. The molecule has 0 spiro atoms. The van der Waals surface area contributed by atoms with Crippen molar-refractivity contribution in [2.75, 3.05) is 52.5 Å². The van der Waals surface area contributed by atoms with E-state index in [1.165, 1.54) is 10.7 Å². The first kappa shape index (κ1) is 16.7. The normalized spacial score (nSPS) is 20.0. The van der Waals surface area contributed by atoms with Gasteiger partial charge in [0.15, 0.2) is 0 Å². The highest BCUT2D eigenvalue weighted by Crippen LogP contribution is 2.15. The van der Waals surface area contributed by atoms with E-state index in [0.29, 0.717) is 13.2 Å². The molecule has 0 atom stereocenters. The molecule has 3 heterocycles. The number of morpholine rings is 1. The largest absolute Gasteiger partial charge is 0.378 e. The van der Waals surface area contributed by atoms with Gasteiger partial charge in [0, 0.05) is 51.2 Å². The zero-order valence-electron chi connectivity index (χ0n) is 13.9. The van der Waals surface area contributed by atoms with Gasteiger partial charge in [-0.15, -0.1) is 11.3 Å². The van der Waals surface area contributed by atoms with E-state index in [1.807, 2.05) is 9.80 Å². The van der Waals surface area contributed by atoms with Crippen LogP contribution in [0.1, 0.15) is 24.0 Å². The maximum Gasteiger partial charge on any atom is 0.320 e. The fourth-order valence-corrected chi connectivity index (χ4v) is 3.92. The van der Waals surface area contributed by atoms with Crippen molar-refractivity contribution in [2.45, 2.75) is 26.3 Å². The van der Waals surface area contributed by atoms with Crippen LogP contribution >= 0.6 is 11.3 Å². The number of nitrogens with zero attached hydrogens (tertiary/aromatic N) is 4. The summed E-state index contributed by atoms with van der Waals surface area (Å²) in [6.45, 7) is 9.32. The van der Waals surface area contributed by atoms with E-state index in [9.17, 15) is 4.79 Å². The van der Waals surface area contributed by atoms with Gasteiger partial charge in [0.1, 0.15) is 0 Å². The number of aryl methyl sites for hydroxylation is 1. The number of rotatable bonds is 4. The van der Waals surface area contributed by atoms with Crippen molar-refractivity contribution in [2.24, 2.45) is 0 Å². The minimum Gasteiger partial charge on any atom is -0.378 e. The Hall–Kier alpha value is -1.18. The number of aromatic nitrogens is 1. The molecule has 0 aliphatic carbocycles. The highest BCUT2D eigenvalue weighted by Gasteiger charge is 2.26. The summed E-state index contributed by atoms with van der Waals surface area (Å²) in [7, 11) is 0. The van der Waals surface area contributed by atoms with Crippen LogP contribution in [0.15, 0.2) is 5.38 Å². The van der Waals surface area contributed by atoms with Gasteiger partial charge < -0.3 is 14.5 Å². The second kappa shape index (κ2) is 8.08. The molecule has 23 heavy (non-hydrogen) atoms. The number of ether oxygens (including phenoxy) is 1. The van der Waals surface area contributed by atoms with Gasteiger partial charge in [-0.05, 0) is 12.8 Å². The van der Waals surface area contributed by atoms with E-state index in [2.05, 4.69) is 17.2 Å². The Morgan fingerprint density at radius 2 is 1.87 bits per heavy atom. The molecule has 7 heteroatoms. The number of amides is 2. The summed E-state index contributed by atoms with van der Waals surface area (Å²) < 4.78 is 5.31. The Bertz CT molecular complexity index is 508. The van der Waals surface area contributed by atoms with Gasteiger partial charge in [-0.25, -0.2) is 9.78 Å². The molecule has 1 aromatic rings. The monoisotopic (exact) mass is 338 g/mol. The molecular weight excluding hydrogens is 312 g/mol. The van der Waals surface area contributed by atoms with Crippen LogP contribution in [-0.4, -0.2) is 78.2 Å². The lowest BCUT2D eigenvalue weighted by Crippen LogP contribution is -2.54. The Kier molecular flexibility index (Phi) is 5.85. The molecule has 2 aliphatic rings. The summed E-state index contributed by atoms with van der Waals surface area (Å²) in [5.74, 6) is 0. The lowest BCUT2D eigenvalue weighted by molar-refractivity contribution is 0.0372.